The molecule has 0 aliphatic carbocycles. The van der Waals surface area contributed by atoms with Crippen LogP contribution in [0.15, 0.2) is 24.3 Å². The van der Waals surface area contributed by atoms with E-state index in [4.69, 9.17) is 5.73 Å². The molecule has 1 fully saturated rings. The van der Waals surface area contributed by atoms with Gasteiger partial charge in [0.05, 0.1) is 12.6 Å². The van der Waals surface area contributed by atoms with E-state index in [-0.39, 0.29) is 24.3 Å². The first-order chi connectivity index (χ1) is 9.58. The number of urea groups is 1. The van der Waals surface area contributed by atoms with E-state index in [1.54, 1.807) is 17.0 Å². The van der Waals surface area contributed by atoms with Crippen LogP contribution in [0.25, 0.3) is 0 Å². The van der Waals surface area contributed by atoms with Gasteiger partial charge >= 0.3 is 6.03 Å². The highest BCUT2D eigenvalue weighted by Crippen LogP contribution is 2.30. The van der Waals surface area contributed by atoms with Crippen LogP contribution in [0.3, 0.4) is 0 Å². The van der Waals surface area contributed by atoms with Gasteiger partial charge < -0.3 is 16.0 Å². The van der Waals surface area contributed by atoms with Gasteiger partial charge in [-0.3, -0.25) is 4.79 Å². The van der Waals surface area contributed by atoms with Crippen molar-refractivity contribution in [3.8, 4) is 0 Å². The Balaban J connectivity index is 2.10. The molecule has 0 radical (unpaired) electrons. The van der Waals surface area contributed by atoms with Crippen molar-refractivity contribution in [2.45, 2.75) is 25.3 Å². The van der Waals surface area contributed by atoms with Gasteiger partial charge in [0, 0.05) is 6.54 Å². The van der Waals surface area contributed by atoms with Gasteiger partial charge in [-0.2, -0.15) is 0 Å². The van der Waals surface area contributed by atoms with Gasteiger partial charge in [-0.05, 0) is 37.0 Å². The lowest BCUT2D eigenvalue weighted by atomic mass is 9.95. The maximum Gasteiger partial charge on any atom is 0.312 e. The first-order valence-electron chi connectivity index (χ1n) is 6.66. The van der Waals surface area contributed by atoms with Gasteiger partial charge in [0.1, 0.15) is 5.82 Å². The van der Waals surface area contributed by atoms with Gasteiger partial charge in [-0.25, -0.2) is 9.18 Å². The molecule has 1 aliphatic rings. The molecule has 1 aromatic rings. The van der Waals surface area contributed by atoms with Crippen LogP contribution in [0.4, 0.5) is 9.18 Å². The standard InChI is InChI=1S/C14H18FN3O2/c15-11-6-4-10(5-7-11)12-3-1-2-8-18(12)13(19)9-17-14(16)20/h4-7,12H,1-3,8-9H2,(H3,16,17,20)/t12-/m1/s1. The number of piperidine rings is 1. The molecule has 0 spiro atoms. The van der Waals surface area contributed by atoms with Crippen molar-refractivity contribution in [2.24, 2.45) is 5.73 Å². The molecule has 0 unspecified atom stereocenters. The molecule has 1 atom stereocenters. The Morgan fingerprint density at radius 1 is 1.30 bits per heavy atom. The van der Waals surface area contributed by atoms with E-state index in [1.165, 1.54) is 12.1 Å². The van der Waals surface area contributed by atoms with Gasteiger partial charge in [0.2, 0.25) is 5.91 Å². The lowest BCUT2D eigenvalue weighted by Crippen LogP contribution is -2.45. The molecule has 1 saturated heterocycles. The van der Waals surface area contributed by atoms with Crippen molar-refractivity contribution < 1.29 is 14.0 Å². The van der Waals surface area contributed by atoms with Gasteiger partial charge in [0.15, 0.2) is 0 Å². The van der Waals surface area contributed by atoms with Crippen molar-refractivity contribution in [1.29, 1.82) is 0 Å². The summed E-state index contributed by atoms with van der Waals surface area (Å²) in [5, 5.41) is 2.31. The Kier molecular flexibility index (Phi) is 4.55. The molecule has 0 aromatic heterocycles. The monoisotopic (exact) mass is 279 g/mol. The molecule has 108 valence electrons. The van der Waals surface area contributed by atoms with Crippen LogP contribution in [0, 0.1) is 5.82 Å². The van der Waals surface area contributed by atoms with Crippen molar-refractivity contribution in [3.63, 3.8) is 0 Å². The third-order valence-electron chi connectivity index (χ3n) is 3.49. The summed E-state index contributed by atoms with van der Waals surface area (Å²) in [7, 11) is 0. The molecule has 1 aliphatic heterocycles. The summed E-state index contributed by atoms with van der Waals surface area (Å²) in [5.41, 5.74) is 5.89. The van der Waals surface area contributed by atoms with Crippen LogP contribution < -0.4 is 11.1 Å². The third-order valence-corrected chi connectivity index (χ3v) is 3.49. The Hall–Kier alpha value is -2.11. The molecule has 1 aromatic carbocycles. The lowest BCUT2D eigenvalue weighted by molar-refractivity contribution is -0.133. The zero-order valence-electron chi connectivity index (χ0n) is 11.1. The predicted molar refractivity (Wildman–Crippen MR) is 72.3 cm³/mol. The molecule has 0 bridgehead atoms. The van der Waals surface area contributed by atoms with Crippen molar-refractivity contribution in [2.75, 3.05) is 13.1 Å². The van der Waals surface area contributed by atoms with Crippen molar-refractivity contribution in [3.05, 3.63) is 35.6 Å². The Morgan fingerprint density at radius 2 is 2.00 bits per heavy atom. The summed E-state index contributed by atoms with van der Waals surface area (Å²) < 4.78 is 13.0. The number of benzene rings is 1. The Labute approximate surface area is 116 Å². The second-order valence-corrected chi connectivity index (χ2v) is 4.87. The van der Waals surface area contributed by atoms with Gasteiger partial charge in [-0.15, -0.1) is 0 Å². The van der Waals surface area contributed by atoms with Crippen LogP contribution in [-0.4, -0.2) is 29.9 Å². The predicted octanol–water partition coefficient (Wildman–Crippen LogP) is 1.55. The number of nitrogens with zero attached hydrogens (tertiary/aromatic N) is 1. The van der Waals surface area contributed by atoms with Crippen LogP contribution in [-0.2, 0) is 4.79 Å². The third kappa shape index (κ3) is 3.46. The number of amides is 3. The molecule has 2 rings (SSSR count). The fraction of sp³-hybridized carbons (Fsp3) is 0.429. The molecule has 3 N–H and O–H groups in total. The maximum atomic E-state index is 13.0. The first-order valence-corrected chi connectivity index (χ1v) is 6.66. The van der Waals surface area contributed by atoms with E-state index >= 15 is 0 Å². The smallest absolute Gasteiger partial charge is 0.312 e. The lowest BCUT2D eigenvalue weighted by Gasteiger charge is -2.36. The molecule has 20 heavy (non-hydrogen) atoms. The van der Waals surface area contributed by atoms with E-state index in [9.17, 15) is 14.0 Å². The summed E-state index contributed by atoms with van der Waals surface area (Å²) >= 11 is 0. The summed E-state index contributed by atoms with van der Waals surface area (Å²) in [6, 6.07) is 5.42. The Bertz CT molecular complexity index is 490. The number of carbonyl (C=O) groups is 2. The molecular weight excluding hydrogens is 261 g/mol. The average molecular weight is 279 g/mol. The van der Waals surface area contributed by atoms with E-state index in [0.717, 1.165) is 24.8 Å². The number of hydrogen-bond acceptors (Lipinski definition) is 2. The Morgan fingerprint density at radius 3 is 2.65 bits per heavy atom. The number of primary amides is 1. The topological polar surface area (TPSA) is 75.4 Å². The van der Waals surface area contributed by atoms with Crippen molar-refractivity contribution >= 4 is 11.9 Å². The first kappa shape index (κ1) is 14.3. The number of likely N-dealkylation sites (tertiary alicyclic amines) is 1. The van der Waals surface area contributed by atoms with Gasteiger partial charge in [0.25, 0.3) is 0 Å². The number of hydrogen-bond donors (Lipinski definition) is 2. The molecule has 5 nitrogen and oxygen atoms in total. The minimum atomic E-state index is -0.714. The molecule has 0 saturated carbocycles. The van der Waals surface area contributed by atoms with E-state index in [0.29, 0.717) is 6.54 Å². The number of nitrogens with two attached hydrogens (primary N) is 1. The SMILES string of the molecule is NC(=O)NCC(=O)N1CCCC[C@@H]1c1ccc(F)cc1. The van der Waals surface area contributed by atoms with Crippen LogP contribution >= 0.6 is 0 Å². The fourth-order valence-corrected chi connectivity index (χ4v) is 2.53. The zero-order valence-corrected chi connectivity index (χ0v) is 11.1. The average Bonchev–Trinajstić information content (AvgIpc) is 2.45. The zero-order chi connectivity index (χ0) is 14.5. The summed E-state index contributed by atoms with van der Waals surface area (Å²) in [6.45, 7) is 0.536. The highest BCUT2D eigenvalue weighted by Gasteiger charge is 2.27. The number of halogens is 1. The van der Waals surface area contributed by atoms with Crippen LogP contribution in [0.5, 0.6) is 0 Å². The molecular formula is C14H18FN3O2. The second-order valence-electron chi connectivity index (χ2n) is 4.87. The van der Waals surface area contributed by atoms with E-state index in [1.807, 2.05) is 0 Å². The number of rotatable bonds is 3. The second kappa shape index (κ2) is 6.36. The highest BCUT2D eigenvalue weighted by molar-refractivity contribution is 5.83. The largest absolute Gasteiger partial charge is 0.352 e. The summed E-state index contributed by atoms with van der Waals surface area (Å²) in [6.07, 6.45) is 2.79. The maximum absolute atomic E-state index is 13.0. The number of nitrogens with one attached hydrogen (secondary N) is 1. The normalized spacial score (nSPS) is 18.6. The summed E-state index contributed by atoms with van der Waals surface area (Å²) in [5.74, 6) is -0.462. The summed E-state index contributed by atoms with van der Waals surface area (Å²) in [4.78, 5) is 24.5. The minimum absolute atomic E-state index is 0.0634. The van der Waals surface area contributed by atoms with E-state index < -0.39 is 6.03 Å². The molecule has 3 amide bonds. The minimum Gasteiger partial charge on any atom is -0.352 e. The van der Waals surface area contributed by atoms with Gasteiger partial charge in [-0.1, -0.05) is 12.1 Å². The number of carbonyl (C=O) groups excluding carboxylic acids is 2. The van der Waals surface area contributed by atoms with Crippen LogP contribution in [0.1, 0.15) is 30.9 Å². The highest BCUT2D eigenvalue weighted by atomic mass is 19.1. The quantitative estimate of drug-likeness (QED) is 0.880. The van der Waals surface area contributed by atoms with Crippen molar-refractivity contribution in [1.82, 2.24) is 10.2 Å². The molecule has 6 heteroatoms. The van der Waals surface area contributed by atoms with Crippen LogP contribution in [0.2, 0.25) is 0 Å². The molecule has 1 heterocycles. The van der Waals surface area contributed by atoms with E-state index in [2.05, 4.69) is 5.32 Å². The fourth-order valence-electron chi connectivity index (χ4n) is 2.53.